The van der Waals surface area contributed by atoms with Gasteiger partial charge in [0, 0.05) is 27.3 Å². The minimum atomic E-state index is 0.178. The van der Waals surface area contributed by atoms with Gasteiger partial charge in [0.25, 0.3) is 0 Å². The Bertz CT molecular complexity index is 602. The molecule has 96 valence electrons. The smallest absolute Gasteiger partial charge is 0.0455 e. The number of nitrogens with zero attached hydrogens (tertiary/aromatic N) is 1. The van der Waals surface area contributed by atoms with E-state index in [2.05, 4.69) is 82.9 Å². The number of anilines is 2. The Hall–Kier alpha value is -1.03. The predicted molar refractivity (Wildman–Crippen MR) is 88.8 cm³/mol. The Balaban J connectivity index is 2.07. The summed E-state index contributed by atoms with van der Waals surface area (Å²) in [7, 11) is 0. The van der Waals surface area contributed by atoms with Crippen molar-refractivity contribution in [3.8, 4) is 0 Å². The van der Waals surface area contributed by atoms with Crippen LogP contribution in [0.5, 0.6) is 0 Å². The zero-order valence-corrected chi connectivity index (χ0v) is 13.1. The first-order valence-corrected chi connectivity index (χ1v) is 8.32. The van der Waals surface area contributed by atoms with E-state index in [1.54, 1.807) is 0 Å². The lowest BCUT2D eigenvalue weighted by atomic mass is 9.65. The molecule has 0 N–H and O–H groups in total. The first kappa shape index (κ1) is 11.8. The minimum Gasteiger partial charge on any atom is -0.337 e. The van der Waals surface area contributed by atoms with Gasteiger partial charge in [0.1, 0.15) is 0 Å². The van der Waals surface area contributed by atoms with Crippen molar-refractivity contribution >= 4 is 34.0 Å². The molecule has 0 aromatic heterocycles. The van der Waals surface area contributed by atoms with E-state index in [0.29, 0.717) is 6.04 Å². The van der Waals surface area contributed by atoms with Gasteiger partial charge < -0.3 is 4.90 Å². The molecular formula is C17H16IN. The highest BCUT2D eigenvalue weighted by Gasteiger charge is 2.47. The van der Waals surface area contributed by atoms with E-state index in [1.807, 2.05) is 0 Å². The second kappa shape index (κ2) is 3.98. The molecule has 19 heavy (non-hydrogen) atoms. The molecule has 3 heterocycles. The van der Waals surface area contributed by atoms with E-state index < -0.39 is 0 Å². The number of fused-ring (bicyclic) bond motifs is 1. The summed E-state index contributed by atoms with van der Waals surface area (Å²) in [5.41, 5.74) is 6.00. The zero-order valence-electron chi connectivity index (χ0n) is 10.9. The summed E-state index contributed by atoms with van der Waals surface area (Å²) in [6.45, 7) is 2.42. The Morgan fingerprint density at radius 3 is 2.11 bits per heavy atom. The molecular weight excluding hydrogens is 345 g/mol. The van der Waals surface area contributed by atoms with Crippen molar-refractivity contribution in [1.82, 2.24) is 0 Å². The van der Waals surface area contributed by atoms with E-state index in [-0.39, 0.29) is 5.41 Å². The largest absolute Gasteiger partial charge is 0.337 e. The molecule has 0 fully saturated rings. The van der Waals surface area contributed by atoms with E-state index in [0.717, 1.165) is 0 Å². The SMILES string of the molecule is CC12C[C@H](CI)N(c3ccccc31)c1ccccc12. The molecule has 0 spiro atoms. The molecule has 2 aromatic rings. The summed E-state index contributed by atoms with van der Waals surface area (Å²) in [4.78, 5) is 2.56. The third kappa shape index (κ3) is 1.41. The summed E-state index contributed by atoms with van der Waals surface area (Å²) in [6, 6.07) is 18.5. The van der Waals surface area contributed by atoms with Crippen molar-refractivity contribution in [2.75, 3.05) is 9.33 Å². The van der Waals surface area contributed by atoms with Gasteiger partial charge >= 0.3 is 0 Å². The number of hydrogen-bond acceptors (Lipinski definition) is 1. The normalized spacial score (nSPS) is 27.1. The first-order valence-electron chi connectivity index (χ1n) is 6.80. The van der Waals surface area contributed by atoms with Crippen LogP contribution in [0, 0.1) is 0 Å². The molecule has 1 nitrogen and oxygen atoms in total. The first-order chi connectivity index (χ1) is 9.25. The predicted octanol–water partition coefficient (Wildman–Crippen LogP) is 4.65. The molecule has 2 heteroatoms. The zero-order chi connectivity index (χ0) is 13.0. The highest BCUT2D eigenvalue weighted by Crippen LogP contribution is 2.56. The van der Waals surface area contributed by atoms with Crippen LogP contribution in [0.25, 0.3) is 0 Å². The lowest BCUT2D eigenvalue weighted by Gasteiger charge is -2.53. The number of alkyl halides is 1. The van der Waals surface area contributed by atoms with Crippen LogP contribution in [0.4, 0.5) is 11.4 Å². The maximum absolute atomic E-state index is 2.56. The molecule has 1 atom stereocenters. The van der Waals surface area contributed by atoms with E-state index in [4.69, 9.17) is 0 Å². The second-order valence-electron chi connectivity index (χ2n) is 5.75. The van der Waals surface area contributed by atoms with Crippen LogP contribution >= 0.6 is 22.6 Å². The van der Waals surface area contributed by atoms with Crippen molar-refractivity contribution in [3.63, 3.8) is 0 Å². The molecule has 2 bridgehead atoms. The Morgan fingerprint density at radius 1 is 1.05 bits per heavy atom. The third-order valence-corrected chi connectivity index (χ3v) is 5.72. The number of hydrogen-bond donors (Lipinski definition) is 0. The molecule has 0 unspecified atom stereocenters. The van der Waals surface area contributed by atoms with Crippen molar-refractivity contribution in [2.24, 2.45) is 0 Å². The fourth-order valence-corrected chi connectivity index (χ4v) is 4.58. The molecule has 3 aliphatic rings. The van der Waals surface area contributed by atoms with Gasteiger partial charge in [-0.2, -0.15) is 0 Å². The van der Waals surface area contributed by atoms with E-state index in [1.165, 1.54) is 33.4 Å². The highest BCUT2D eigenvalue weighted by atomic mass is 127. The lowest BCUT2D eigenvalue weighted by molar-refractivity contribution is 0.423. The summed E-state index contributed by atoms with van der Waals surface area (Å²) in [6.07, 6.45) is 1.23. The average molecular weight is 361 g/mol. The number of para-hydroxylation sites is 2. The maximum Gasteiger partial charge on any atom is 0.0455 e. The van der Waals surface area contributed by atoms with Crippen molar-refractivity contribution in [2.45, 2.75) is 24.8 Å². The van der Waals surface area contributed by atoms with Gasteiger partial charge in [0.15, 0.2) is 0 Å². The van der Waals surface area contributed by atoms with Crippen LogP contribution < -0.4 is 4.90 Å². The molecule has 0 radical (unpaired) electrons. The number of benzene rings is 2. The monoisotopic (exact) mass is 361 g/mol. The Morgan fingerprint density at radius 2 is 1.58 bits per heavy atom. The summed E-state index contributed by atoms with van der Waals surface area (Å²) in [5.74, 6) is 0. The van der Waals surface area contributed by atoms with Gasteiger partial charge in [-0.3, -0.25) is 0 Å². The van der Waals surface area contributed by atoms with Crippen LogP contribution in [0.15, 0.2) is 48.5 Å². The maximum atomic E-state index is 2.56. The van der Waals surface area contributed by atoms with Gasteiger partial charge in [-0.05, 0) is 29.7 Å². The standard InChI is InChI=1S/C17H16IN/c1-17-10-12(11-18)19(15-8-4-2-6-13(15)17)16-9-5-3-7-14(16)17/h2-9,12H,10-11H2,1H3/t12-/m1/s1. The summed E-state index contributed by atoms with van der Waals surface area (Å²) in [5, 5.41) is 0. The van der Waals surface area contributed by atoms with Crippen molar-refractivity contribution < 1.29 is 0 Å². The second-order valence-corrected chi connectivity index (χ2v) is 6.63. The molecule has 5 rings (SSSR count). The fraction of sp³-hybridized carbons (Fsp3) is 0.294. The van der Waals surface area contributed by atoms with Crippen LogP contribution in [0.3, 0.4) is 0 Å². The van der Waals surface area contributed by atoms with Gasteiger partial charge in [0.2, 0.25) is 0 Å². The van der Waals surface area contributed by atoms with E-state index in [9.17, 15) is 0 Å². The highest BCUT2D eigenvalue weighted by molar-refractivity contribution is 14.1. The van der Waals surface area contributed by atoms with Gasteiger partial charge in [-0.1, -0.05) is 65.9 Å². The molecule has 0 amide bonds. The summed E-state index contributed by atoms with van der Waals surface area (Å²) < 4.78 is 1.18. The van der Waals surface area contributed by atoms with Crippen LogP contribution in [-0.4, -0.2) is 10.5 Å². The topological polar surface area (TPSA) is 3.24 Å². The fourth-order valence-electron chi connectivity index (χ4n) is 3.87. The summed E-state index contributed by atoms with van der Waals surface area (Å²) >= 11 is 2.53. The number of rotatable bonds is 1. The quantitative estimate of drug-likeness (QED) is 0.528. The van der Waals surface area contributed by atoms with Crippen molar-refractivity contribution in [1.29, 1.82) is 0 Å². The minimum absolute atomic E-state index is 0.178. The van der Waals surface area contributed by atoms with Crippen molar-refractivity contribution in [3.05, 3.63) is 59.7 Å². The van der Waals surface area contributed by atoms with E-state index >= 15 is 0 Å². The average Bonchev–Trinajstić information content (AvgIpc) is 2.47. The van der Waals surface area contributed by atoms with Gasteiger partial charge in [-0.15, -0.1) is 0 Å². The molecule has 0 saturated heterocycles. The van der Waals surface area contributed by atoms with Crippen LogP contribution in [-0.2, 0) is 5.41 Å². The molecule has 2 aromatic carbocycles. The molecule has 0 saturated carbocycles. The lowest BCUT2D eigenvalue weighted by Crippen LogP contribution is -2.50. The van der Waals surface area contributed by atoms with Crippen LogP contribution in [0.2, 0.25) is 0 Å². The number of halogens is 1. The van der Waals surface area contributed by atoms with Gasteiger partial charge in [-0.25, -0.2) is 0 Å². The Labute approximate surface area is 127 Å². The Kier molecular flexibility index (Phi) is 2.47. The van der Waals surface area contributed by atoms with Gasteiger partial charge in [0.05, 0.1) is 0 Å². The molecule has 0 aliphatic carbocycles. The third-order valence-electron chi connectivity index (χ3n) is 4.70. The molecule has 3 aliphatic heterocycles. The van der Waals surface area contributed by atoms with Crippen LogP contribution in [0.1, 0.15) is 24.5 Å².